The minimum Gasteiger partial charge on any atom is -0.393 e. The first-order valence-electron chi connectivity index (χ1n) is 5.36. The first-order chi connectivity index (χ1) is 7.51. The summed E-state index contributed by atoms with van der Waals surface area (Å²) in [5.41, 5.74) is 12.1. The molecule has 0 radical (unpaired) electrons. The summed E-state index contributed by atoms with van der Waals surface area (Å²) in [6.45, 7) is 5.78. The fraction of sp³-hybridized carbons (Fsp3) is 0.600. The summed E-state index contributed by atoms with van der Waals surface area (Å²) in [5, 5.41) is 0. The van der Waals surface area contributed by atoms with Gasteiger partial charge < -0.3 is 21.3 Å². The summed E-state index contributed by atoms with van der Waals surface area (Å²) in [7, 11) is 3.74. The van der Waals surface area contributed by atoms with Crippen LogP contribution in [0.1, 0.15) is 13.8 Å². The third-order valence-electron chi connectivity index (χ3n) is 2.41. The summed E-state index contributed by atoms with van der Waals surface area (Å²) < 4.78 is 0. The van der Waals surface area contributed by atoms with Gasteiger partial charge in [-0.3, -0.25) is 0 Å². The predicted octanol–water partition coefficient (Wildman–Crippen LogP) is 0.553. The molecule has 6 heteroatoms. The van der Waals surface area contributed by atoms with Gasteiger partial charge in [0.2, 0.25) is 5.95 Å². The number of nitrogens with two attached hydrogens (primary N) is 2. The highest BCUT2D eigenvalue weighted by molar-refractivity contribution is 5.75. The Morgan fingerprint density at radius 3 is 2.06 bits per heavy atom. The van der Waals surface area contributed by atoms with Crippen molar-refractivity contribution < 1.29 is 0 Å². The van der Waals surface area contributed by atoms with Crippen LogP contribution in [-0.4, -0.2) is 37.2 Å². The summed E-state index contributed by atoms with van der Waals surface area (Å²) in [5.74, 6) is 1.62. The fourth-order valence-electron chi connectivity index (χ4n) is 1.43. The molecule has 0 fully saturated rings. The molecule has 90 valence electrons. The van der Waals surface area contributed by atoms with Crippen LogP contribution in [0.25, 0.3) is 0 Å². The van der Waals surface area contributed by atoms with Gasteiger partial charge in [0, 0.05) is 27.2 Å². The molecule has 0 aliphatic rings. The Labute approximate surface area is 96.3 Å². The molecule has 0 amide bonds. The molecule has 0 spiro atoms. The zero-order valence-electron chi connectivity index (χ0n) is 10.4. The molecule has 0 saturated carbocycles. The molecule has 4 N–H and O–H groups in total. The van der Waals surface area contributed by atoms with Crippen molar-refractivity contribution in [1.29, 1.82) is 0 Å². The van der Waals surface area contributed by atoms with Crippen LogP contribution in [0, 0.1) is 0 Å². The van der Waals surface area contributed by atoms with Crippen LogP contribution in [0.2, 0.25) is 0 Å². The quantitative estimate of drug-likeness (QED) is 0.777. The Bertz CT molecular complexity index is 359. The van der Waals surface area contributed by atoms with E-state index in [1.807, 2.05) is 19.0 Å². The van der Waals surface area contributed by atoms with Gasteiger partial charge in [0.15, 0.2) is 11.6 Å². The molecule has 1 aromatic heterocycles. The monoisotopic (exact) mass is 224 g/mol. The Morgan fingerprint density at radius 1 is 1.06 bits per heavy atom. The number of nitrogen functional groups attached to an aromatic ring is 2. The topological polar surface area (TPSA) is 84.3 Å². The fourth-order valence-corrected chi connectivity index (χ4v) is 1.43. The third kappa shape index (κ3) is 2.26. The lowest BCUT2D eigenvalue weighted by molar-refractivity contribution is 0.839. The van der Waals surface area contributed by atoms with Crippen molar-refractivity contribution in [3.8, 4) is 0 Å². The van der Waals surface area contributed by atoms with E-state index in [2.05, 4.69) is 28.7 Å². The SMILES string of the molecule is CCN(CC)c1nc(N(C)C)nc(N)c1N. The van der Waals surface area contributed by atoms with Crippen LogP contribution in [-0.2, 0) is 0 Å². The lowest BCUT2D eigenvalue weighted by atomic mass is 10.4. The maximum atomic E-state index is 5.89. The number of hydrogen-bond donors (Lipinski definition) is 2. The van der Waals surface area contributed by atoms with Gasteiger partial charge in [0.05, 0.1) is 0 Å². The molecule has 0 aliphatic heterocycles. The highest BCUT2D eigenvalue weighted by atomic mass is 15.3. The van der Waals surface area contributed by atoms with E-state index < -0.39 is 0 Å². The summed E-state index contributed by atoms with van der Waals surface area (Å²) in [6.07, 6.45) is 0. The largest absolute Gasteiger partial charge is 0.393 e. The lowest BCUT2D eigenvalue weighted by Crippen LogP contribution is -2.26. The number of hydrogen-bond acceptors (Lipinski definition) is 6. The molecule has 1 rings (SSSR count). The van der Waals surface area contributed by atoms with Gasteiger partial charge in [-0.1, -0.05) is 0 Å². The minimum absolute atomic E-state index is 0.334. The molecular weight excluding hydrogens is 204 g/mol. The summed E-state index contributed by atoms with van der Waals surface area (Å²) >= 11 is 0. The Balaban J connectivity index is 3.25. The second-order valence-electron chi connectivity index (χ2n) is 3.71. The smallest absolute Gasteiger partial charge is 0.228 e. The van der Waals surface area contributed by atoms with Crippen molar-refractivity contribution >= 4 is 23.3 Å². The van der Waals surface area contributed by atoms with Crippen LogP contribution in [0.4, 0.5) is 23.3 Å². The maximum Gasteiger partial charge on any atom is 0.228 e. The number of rotatable bonds is 4. The van der Waals surface area contributed by atoms with Gasteiger partial charge in [-0.05, 0) is 13.8 Å². The normalized spacial score (nSPS) is 10.2. The maximum absolute atomic E-state index is 5.89. The van der Waals surface area contributed by atoms with Crippen LogP contribution in [0.5, 0.6) is 0 Å². The predicted molar refractivity (Wildman–Crippen MR) is 68.7 cm³/mol. The zero-order valence-corrected chi connectivity index (χ0v) is 10.4. The highest BCUT2D eigenvalue weighted by Gasteiger charge is 2.14. The van der Waals surface area contributed by atoms with Gasteiger partial charge in [0.25, 0.3) is 0 Å². The Kier molecular flexibility index (Phi) is 3.76. The molecule has 16 heavy (non-hydrogen) atoms. The Hall–Kier alpha value is -1.72. The molecule has 1 heterocycles. The molecule has 0 aliphatic carbocycles. The van der Waals surface area contributed by atoms with E-state index in [4.69, 9.17) is 11.5 Å². The zero-order chi connectivity index (χ0) is 12.3. The number of anilines is 4. The second-order valence-corrected chi connectivity index (χ2v) is 3.71. The van der Waals surface area contributed by atoms with Crippen molar-refractivity contribution in [3.05, 3.63) is 0 Å². The van der Waals surface area contributed by atoms with E-state index in [0.717, 1.165) is 13.1 Å². The van der Waals surface area contributed by atoms with Crippen molar-refractivity contribution in [2.24, 2.45) is 0 Å². The van der Waals surface area contributed by atoms with Crippen LogP contribution in [0.15, 0.2) is 0 Å². The first kappa shape index (κ1) is 12.4. The second kappa shape index (κ2) is 4.87. The number of nitrogens with zero attached hydrogens (tertiary/aromatic N) is 4. The van der Waals surface area contributed by atoms with Crippen molar-refractivity contribution in [3.63, 3.8) is 0 Å². The van der Waals surface area contributed by atoms with E-state index in [1.54, 1.807) is 0 Å². The van der Waals surface area contributed by atoms with E-state index in [1.165, 1.54) is 0 Å². The van der Waals surface area contributed by atoms with Crippen molar-refractivity contribution in [2.45, 2.75) is 13.8 Å². The van der Waals surface area contributed by atoms with Gasteiger partial charge in [-0.15, -0.1) is 0 Å². The molecule has 0 saturated heterocycles. The average molecular weight is 224 g/mol. The Morgan fingerprint density at radius 2 is 1.62 bits per heavy atom. The van der Waals surface area contributed by atoms with Crippen molar-refractivity contribution in [1.82, 2.24) is 9.97 Å². The third-order valence-corrected chi connectivity index (χ3v) is 2.41. The van der Waals surface area contributed by atoms with Gasteiger partial charge >= 0.3 is 0 Å². The van der Waals surface area contributed by atoms with E-state index >= 15 is 0 Å². The van der Waals surface area contributed by atoms with Gasteiger partial charge in [0.1, 0.15) is 5.69 Å². The van der Waals surface area contributed by atoms with E-state index in [-0.39, 0.29) is 0 Å². The van der Waals surface area contributed by atoms with E-state index in [0.29, 0.717) is 23.3 Å². The lowest BCUT2D eigenvalue weighted by Gasteiger charge is -2.23. The van der Waals surface area contributed by atoms with Crippen molar-refractivity contribution in [2.75, 3.05) is 48.5 Å². The standard InChI is InChI=1S/C10H20N6/c1-5-16(6-2)9-7(11)8(12)13-10(14-9)15(3)4/h5-6,11H2,1-4H3,(H2,12,13,14). The van der Waals surface area contributed by atoms with Gasteiger partial charge in [-0.2, -0.15) is 9.97 Å². The van der Waals surface area contributed by atoms with Gasteiger partial charge in [-0.25, -0.2) is 0 Å². The van der Waals surface area contributed by atoms with Crippen LogP contribution in [0.3, 0.4) is 0 Å². The molecule has 0 bridgehead atoms. The molecule has 0 unspecified atom stereocenters. The average Bonchev–Trinajstić information content (AvgIpc) is 2.25. The molecule has 1 aromatic rings. The summed E-state index contributed by atoms with van der Waals surface area (Å²) in [6, 6.07) is 0. The molecular formula is C10H20N6. The van der Waals surface area contributed by atoms with Crippen LogP contribution >= 0.6 is 0 Å². The van der Waals surface area contributed by atoms with E-state index in [9.17, 15) is 0 Å². The van der Waals surface area contributed by atoms with Crippen LogP contribution < -0.4 is 21.3 Å². The number of aromatic nitrogens is 2. The summed E-state index contributed by atoms with van der Waals surface area (Å²) in [4.78, 5) is 12.4. The highest BCUT2D eigenvalue weighted by Crippen LogP contribution is 2.27. The molecule has 0 atom stereocenters. The minimum atomic E-state index is 0.334. The molecule has 0 aromatic carbocycles. The first-order valence-corrected chi connectivity index (χ1v) is 5.36. The molecule has 6 nitrogen and oxygen atoms in total.